The van der Waals surface area contributed by atoms with Crippen LogP contribution in [0.5, 0.6) is 5.75 Å². The first kappa shape index (κ1) is 26.1. The van der Waals surface area contributed by atoms with Gasteiger partial charge in [0.15, 0.2) is 0 Å². The number of ether oxygens (including phenoxy) is 1. The van der Waals surface area contributed by atoms with Gasteiger partial charge in [-0.2, -0.15) is 0 Å². The molecule has 0 saturated heterocycles. The van der Waals surface area contributed by atoms with E-state index in [1.165, 1.54) is 57.4 Å². The number of nitrogens with zero attached hydrogens (tertiary/aromatic N) is 2. The van der Waals surface area contributed by atoms with Gasteiger partial charge >= 0.3 is 204 Å². The molecule has 0 amide bonds. The van der Waals surface area contributed by atoms with Gasteiger partial charge in [-0.05, 0) is 0 Å². The summed E-state index contributed by atoms with van der Waals surface area (Å²) in [7, 11) is 0. The number of hydrogen-bond donors (Lipinski definition) is 0. The van der Waals surface area contributed by atoms with Gasteiger partial charge < -0.3 is 0 Å². The van der Waals surface area contributed by atoms with Crippen LogP contribution in [0.4, 0.5) is 4.39 Å². The van der Waals surface area contributed by atoms with Crippen molar-refractivity contribution in [3.63, 3.8) is 0 Å². The van der Waals surface area contributed by atoms with Crippen molar-refractivity contribution in [3.8, 4) is 17.0 Å². The van der Waals surface area contributed by atoms with Crippen molar-refractivity contribution < 1.29 is 9.13 Å². The number of alkyl halides is 1. The molecule has 2 heterocycles. The third-order valence-corrected chi connectivity index (χ3v) is 22.4. The summed E-state index contributed by atoms with van der Waals surface area (Å²) < 4.78 is 26.6. The summed E-state index contributed by atoms with van der Waals surface area (Å²) in [5.41, 5.74) is 3.35. The monoisotopic (exact) mass is 560 g/mol. The SMILES string of the molecule is CCC[CH2][Sn]([CH2]CCC)([CH2]CCC)[c]1cc(OCCCF)ccc1-c1cn2ccccc2n1. The van der Waals surface area contributed by atoms with Crippen LogP contribution < -0.4 is 8.32 Å². The molecule has 33 heavy (non-hydrogen) atoms. The molecule has 2 aromatic heterocycles. The van der Waals surface area contributed by atoms with E-state index in [0.717, 1.165) is 17.1 Å². The zero-order chi connectivity index (χ0) is 23.5. The number of fused-ring (bicyclic) bond motifs is 1. The molecule has 0 radical (unpaired) electrons. The Kier molecular flexibility index (Phi) is 10.5. The fraction of sp³-hybridized carbons (Fsp3) is 0.536. The molecule has 1 aromatic carbocycles. The summed E-state index contributed by atoms with van der Waals surface area (Å²) in [6.07, 6.45) is 12.3. The molecule has 0 aliphatic rings. The zero-order valence-electron chi connectivity index (χ0n) is 20.8. The summed E-state index contributed by atoms with van der Waals surface area (Å²) in [4.78, 5) is 5.01. The van der Waals surface area contributed by atoms with Gasteiger partial charge in [-0.1, -0.05) is 0 Å². The van der Waals surface area contributed by atoms with Crippen molar-refractivity contribution in [1.82, 2.24) is 9.38 Å². The third-order valence-electron chi connectivity index (χ3n) is 6.78. The molecule has 0 aliphatic heterocycles. The maximum atomic E-state index is 12.7. The van der Waals surface area contributed by atoms with Crippen molar-refractivity contribution >= 4 is 27.6 Å². The van der Waals surface area contributed by atoms with Crippen LogP contribution in [-0.4, -0.2) is 41.0 Å². The second-order valence-electron chi connectivity index (χ2n) is 9.28. The van der Waals surface area contributed by atoms with E-state index < -0.39 is 18.4 Å². The molecule has 0 bridgehead atoms. The van der Waals surface area contributed by atoms with E-state index in [9.17, 15) is 4.39 Å². The summed E-state index contributed by atoms with van der Waals surface area (Å²) in [5.74, 6) is 0.900. The third kappa shape index (κ3) is 6.74. The number of aromatic nitrogens is 2. The Hall–Kier alpha value is -1.56. The van der Waals surface area contributed by atoms with Crippen molar-refractivity contribution in [1.29, 1.82) is 0 Å². The average molecular weight is 559 g/mol. The number of halogens is 1. The van der Waals surface area contributed by atoms with Crippen LogP contribution in [0.3, 0.4) is 0 Å². The van der Waals surface area contributed by atoms with E-state index in [-0.39, 0.29) is 6.67 Å². The Labute approximate surface area is 203 Å². The second-order valence-corrected chi connectivity index (χ2v) is 22.4. The molecule has 5 heteroatoms. The summed E-state index contributed by atoms with van der Waals surface area (Å²) in [5, 5.41) is 0. The minimum atomic E-state index is -2.76. The Morgan fingerprint density at radius 1 is 0.909 bits per heavy atom. The first-order valence-electron chi connectivity index (χ1n) is 12.9. The van der Waals surface area contributed by atoms with E-state index >= 15 is 0 Å². The topological polar surface area (TPSA) is 26.5 Å². The normalized spacial score (nSPS) is 11.9. The molecule has 3 nitrogen and oxygen atoms in total. The number of imidazole rings is 1. The molecule has 0 N–H and O–H groups in total. The Morgan fingerprint density at radius 3 is 2.21 bits per heavy atom. The van der Waals surface area contributed by atoms with Crippen LogP contribution >= 0.6 is 0 Å². The van der Waals surface area contributed by atoms with E-state index in [2.05, 4.69) is 67.9 Å². The fourth-order valence-electron chi connectivity index (χ4n) is 4.91. The number of rotatable bonds is 15. The minimum absolute atomic E-state index is 0.334. The number of pyridine rings is 1. The molecule has 0 saturated carbocycles. The van der Waals surface area contributed by atoms with Gasteiger partial charge in [0.1, 0.15) is 0 Å². The van der Waals surface area contributed by atoms with Crippen molar-refractivity contribution in [2.24, 2.45) is 0 Å². The standard InChI is InChI=1S/C16H14FN2O.3C4H9.Sn/c17-9-3-11-20-14-7-5-13(6-8-14)15-12-19-10-2-1-4-16(19)18-15;3*1-3-4-2;/h1-2,4-5,7-8,10,12H,3,9,11H2;3*1,3-4H2,2H3;. The van der Waals surface area contributed by atoms with Crippen LogP contribution in [0.2, 0.25) is 13.3 Å². The van der Waals surface area contributed by atoms with Crippen molar-refractivity contribution in [3.05, 3.63) is 48.8 Å². The van der Waals surface area contributed by atoms with Crippen molar-refractivity contribution in [2.45, 2.75) is 79.0 Å². The quantitative estimate of drug-likeness (QED) is 0.140. The molecule has 0 fully saturated rings. The second kappa shape index (κ2) is 13.4. The molecule has 0 aliphatic carbocycles. The summed E-state index contributed by atoms with van der Waals surface area (Å²) >= 11 is -2.76. The van der Waals surface area contributed by atoms with Gasteiger partial charge in [0, 0.05) is 0 Å². The molecule has 0 spiro atoms. The first-order valence-corrected chi connectivity index (χ1v) is 20.4. The molecule has 0 unspecified atom stereocenters. The Morgan fingerprint density at radius 2 is 1.61 bits per heavy atom. The van der Waals surface area contributed by atoms with E-state index in [0.29, 0.717) is 13.0 Å². The zero-order valence-corrected chi connectivity index (χ0v) is 23.6. The Bertz CT molecular complexity index is 932. The number of hydrogen-bond acceptors (Lipinski definition) is 2. The molecule has 3 aromatic rings. The molecule has 180 valence electrons. The molecular formula is C28H41FN2OSn. The van der Waals surface area contributed by atoms with Gasteiger partial charge in [0.2, 0.25) is 0 Å². The van der Waals surface area contributed by atoms with Gasteiger partial charge in [-0.3, -0.25) is 0 Å². The average Bonchev–Trinajstić information content (AvgIpc) is 3.28. The first-order chi connectivity index (χ1) is 16.2. The number of unbranched alkanes of at least 4 members (excludes halogenated alkanes) is 3. The van der Waals surface area contributed by atoms with Gasteiger partial charge in [-0.15, -0.1) is 0 Å². The Balaban J connectivity index is 2.15. The molecular weight excluding hydrogens is 518 g/mol. The van der Waals surface area contributed by atoms with Crippen LogP contribution in [0.25, 0.3) is 16.9 Å². The van der Waals surface area contributed by atoms with Crippen LogP contribution in [-0.2, 0) is 0 Å². The molecule has 3 rings (SSSR count). The van der Waals surface area contributed by atoms with Crippen molar-refractivity contribution in [2.75, 3.05) is 13.3 Å². The fourth-order valence-corrected chi connectivity index (χ4v) is 21.7. The van der Waals surface area contributed by atoms with Gasteiger partial charge in [0.05, 0.1) is 0 Å². The predicted octanol–water partition coefficient (Wildman–Crippen LogP) is 7.80. The summed E-state index contributed by atoms with van der Waals surface area (Å²) in [6.45, 7) is 7.05. The molecule has 0 atom stereocenters. The predicted molar refractivity (Wildman–Crippen MR) is 141 cm³/mol. The maximum absolute atomic E-state index is 12.7. The van der Waals surface area contributed by atoms with Crippen LogP contribution in [0, 0.1) is 0 Å². The van der Waals surface area contributed by atoms with Gasteiger partial charge in [-0.25, -0.2) is 0 Å². The van der Waals surface area contributed by atoms with Gasteiger partial charge in [0.25, 0.3) is 0 Å². The van der Waals surface area contributed by atoms with E-state index in [1.807, 2.05) is 6.07 Å². The van der Waals surface area contributed by atoms with E-state index in [4.69, 9.17) is 9.72 Å². The van der Waals surface area contributed by atoms with Crippen LogP contribution in [0.15, 0.2) is 48.8 Å². The summed E-state index contributed by atoms with van der Waals surface area (Å²) in [6, 6.07) is 12.8. The number of benzene rings is 1. The van der Waals surface area contributed by atoms with Crippen LogP contribution in [0.1, 0.15) is 65.7 Å². The van der Waals surface area contributed by atoms with E-state index in [1.54, 1.807) is 3.58 Å².